The molecule has 3 heterocycles. The first-order chi connectivity index (χ1) is 11.3. The van der Waals surface area contributed by atoms with Crippen molar-refractivity contribution in [3.8, 4) is 5.75 Å². The molecule has 5 heteroatoms. The molecule has 23 heavy (non-hydrogen) atoms. The molecule has 5 nitrogen and oxygen atoms in total. The van der Waals surface area contributed by atoms with Crippen LogP contribution < -0.4 is 9.64 Å². The first-order valence-electron chi connectivity index (χ1n) is 7.95. The Bertz CT molecular complexity index is 838. The Hall–Kier alpha value is -2.56. The zero-order valence-corrected chi connectivity index (χ0v) is 13.5. The van der Waals surface area contributed by atoms with Gasteiger partial charge in [0.05, 0.1) is 30.3 Å². The van der Waals surface area contributed by atoms with E-state index in [4.69, 9.17) is 9.84 Å². The molecule has 1 aromatic carbocycles. The van der Waals surface area contributed by atoms with Crippen molar-refractivity contribution in [2.45, 2.75) is 19.4 Å². The van der Waals surface area contributed by atoms with Crippen LogP contribution in [0.3, 0.4) is 0 Å². The van der Waals surface area contributed by atoms with E-state index in [2.05, 4.69) is 39.8 Å². The first-order valence-corrected chi connectivity index (χ1v) is 7.95. The molecule has 0 bridgehead atoms. The van der Waals surface area contributed by atoms with Gasteiger partial charge >= 0.3 is 0 Å². The van der Waals surface area contributed by atoms with Crippen LogP contribution in [-0.4, -0.2) is 35.5 Å². The highest BCUT2D eigenvalue weighted by Crippen LogP contribution is 2.31. The molecular formula is C18H20N4O. The van der Waals surface area contributed by atoms with Crippen LogP contribution >= 0.6 is 0 Å². The maximum Gasteiger partial charge on any atom is 0.139 e. The maximum absolute atomic E-state index is 5.22. The highest BCUT2D eigenvalue weighted by Gasteiger charge is 2.20. The fourth-order valence-corrected chi connectivity index (χ4v) is 3.26. The normalized spacial score (nSPS) is 14.1. The van der Waals surface area contributed by atoms with E-state index in [9.17, 15) is 0 Å². The molecule has 4 rings (SSSR count). The average molecular weight is 308 g/mol. The Morgan fingerprint density at radius 2 is 2.00 bits per heavy atom. The van der Waals surface area contributed by atoms with Gasteiger partial charge in [-0.15, -0.1) is 0 Å². The van der Waals surface area contributed by atoms with Gasteiger partial charge in [-0.25, -0.2) is 4.98 Å². The number of hydrogen-bond donors (Lipinski definition) is 0. The zero-order chi connectivity index (χ0) is 15.8. The molecule has 2 aromatic heterocycles. The second-order valence-corrected chi connectivity index (χ2v) is 6.01. The highest BCUT2D eigenvalue weighted by atomic mass is 16.5. The van der Waals surface area contributed by atoms with Crippen molar-refractivity contribution in [1.82, 2.24) is 14.8 Å². The molecule has 0 saturated heterocycles. The number of aryl methyl sites for hydroxylation is 1. The summed E-state index contributed by atoms with van der Waals surface area (Å²) in [5.74, 6) is 1.93. The lowest BCUT2D eigenvalue weighted by molar-refractivity contribution is 0.414. The summed E-state index contributed by atoms with van der Waals surface area (Å²) in [6, 6.07) is 10.2. The standard InChI is InChI=1S/C18H20N4O/c1-21-11-3-4-15-17-16(9-10-19-18(17)21)22(20-15)12-13-5-7-14(23-2)8-6-13/h5-10H,3-4,11-12H2,1-2H3. The van der Waals surface area contributed by atoms with Crippen LogP contribution in [0.1, 0.15) is 17.7 Å². The summed E-state index contributed by atoms with van der Waals surface area (Å²) in [6.45, 7) is 1.79. The van der Waals surface area contributed by atoms with Crippen molar-refractivity contribution in [3.05, 3.63) is 47.8 Å². The van der Waals surface area contributed by atoms with E-state index in [1.807, 2.05) is 18.3 Å². The van der Waals surface area contributed by atoms with E-state index in [1.54, 1.807) is 7.11 Å². The minimum absolute atomic E-state index is 0.758. The van der Waals surface area contributed by atoms with Gasteiger partial charge in [-0.1, -0.05) is 12.1 Å². The molecular weight excluding hydrogens is 288 g/mol. The smallest absolute Gasteiger partial charge is 0.139 e. The fourth-order valence-electron chi connectivity index (χ4n) is 3.26. The number of aromatic nitrogens is 3. The van der Waals surface area contributed by atoms with Crippen molar-refractivity contribution in [3.63, 3.8) is 0 Å². The Kier molecular flexibility index (Phi) is 3.41. The predicted molar refractivity (Wildman–Crippen MR) is 91.2 cm³/mol. The van der Waals surface area contributed by atoms with E-state index in [-0.39, 0.29) is 0 Å². The van der Waals surface area contributed by atoms with Crippen molar-refractivity contribution < 1.29 is 4.74 Å². The number of pyridine rings is 1. The van der Waals surface area contributed by atoms with Crippen molar-refractivity contribution in [2.75, 3.05) is 25.6 Å². The summed E-state index contributed by atoms with van der Waals surface area (Å²) in [6.07, 6.45) is 4.01. The molecule has 1 aliphatic rings. The summed E-state index contributed by atoms with van der Waals surface area (Å²) in [4.78, 5) is 6.81. The van der Waals surface area contributed by atoms with Gasteiger partial charge in [0, 0.05) is 19.8 Å². The van der Waals surface area contributed by atoms with E-state index in [1.165, 1.54) is 16.6 Å². The molecule has 0 radical (unpaired) electrons. The summed E-state index contributed by atoms with van der Waals surface area (Å²) in [7, 11) is 3.80. The average Bonchev–Trinajstić information content (AvgIpc) is 2.84. The summed E-state index contributed by atoms with van der Waals surface area (Å²) in [5.41, 5.74) is 3.54. The second kappa shape index (κ2) is 5.57. The van der Waals surface area contributed by atoms with Crippen LogP contribution in [-0.2, 0) is 13.0 Å². The van der Waals surface area contributed by atoms with Gasteiger partial charge in [0.1, 0.15) is 11.6 Å². The summed E-state index contributed by atoms with van der Waals surface area (Å²) >= 11 is 0. The van der Waals surface area contributed by atoms with E-state index in [0.29, 0.717) is 0 Å². The minimum atomic E-state index is 0.758. The van der Waals surface area contributed by atoms with Gasteiger partial charge in [-0.05, 0) is 36.6 Å². The molecule has 0 aliphatic carbocycles. The lowest BCUT2D eigenvalue weighted by Gasteiger charge is -2.16. The Morgan fingerprint density at radius 3 is 2.78 bits per heavy atom. The van der Waals surface area contributed by atoms with Crippen LogP contribution in [0.4, 0.5) is 5.82 Å². The van der Waals surface area contributed by atoms with E-state index >= 15 is 0 Å². The number of anilines is 1. The number of hydrogen-bond acceptors (Lipinski definition) is 4. The molecule has 118 valence electrons. The van der Waals surface area contributed by atoms with Gasteiger partial charge in [0.15, 0.2) is 0 Å². The highest BCUT2D eigenvalue weighted by molar-refractivity contribution is 5.92. The van der Waals surface area contributed by atoms with Gasteiger partial charge in [-0.3, -0.25) is 4.68 Å². The lowest BCUT2D eigenvalue weighted by Crippen LogP contribution is -2.18. The van der Waals surface area contributed by atoms with Gasteiger partial charge in [-0.2, -0.15) is 5.10 Å². The van der Waals surface area contributed by atoms with E-state index in [0.717, 1.165) is 43.0 Å². The third-order valence-electron chi connectivity index (χ3n) is 4.48. The summed E-state index contributed by atoms with van der Waals surface area (Å²) in [5, 5.41) is 6.08. The van der Waals surface area contributed by atoms with Crippen LogP contribution in [0.5, 0.6) is 5.75 Å². The van der Waals surface area contributed by atoms with E-state index < -0.39 is 0 Å². The van der Waals surface area contributed by atoms with Gasteiger partial charge < -0.3 is 9.64 Å². The molecule has 0 unspecified atom stereocenters. The van der Waals surface area contributed by atoms with Crippen molar-refractivity contribution in [1.29, 1.82) is 0 Å². The van der Waals surface area contributed by atoms with Crippen LogP contribution in [0.25, 0.3) is 10.9 Å². The second-order valence-electron chi connectivity index (χ2n) is 6.01. The number of nitrogens with zero attached hydrogens (tertiary/aromatic N) is 4. The molecule has 0 amide bonds. The summed E-state index contributed by atoms with van der Waals surface area (Å²) < 4.78 is 7.32. The zero-order valence-electron chi connectivity index (χ0n) is 13.5. The number of methoxy groups -OCH3 is 1. The Morgan fingerprint density at radius 1 is 1.17 bits per heavy atom. The third-order valence-corrected chi connectivity index (χ3v) is 4.48. The lowest BCUT2D eigenvalue weighted by atomic mass is 10.2. The predicted octanol–water partition coefficient (Wildman–Crippen LogP) is 2.87. The molecule has 0 fully saturated rings. The van der Waals surface area contributed by atoms with Crippen molar-refractivity contribution in [2.24, 2.45) is 0 Å². The SMILES string of the molecule is COc1ccc(Cn2nc3c4c(nccc42)N(C)CCC3)cc1. The minimum Gasteiger partial charge on any atom is -0.497 e. The van der Waals surface area contributed by atoms with Crippen LogP contribution in [0.2, 0.25) is 0 Å². The molecule has 0 N–H and O–H groups in total. The Balaban J connectivity index is 1.77. The molecule has 3 aromatic rings. The molecule has 1 aliphatic heterocycles. The number of benzene rings is 1. The largest absolute Gasteiger partial charge is 0.497 e. The first kappa shape index (κ1) is 14.1. The fraction of sp³-hybridized carbons (Fsp3) is 0.333. The maximum atomic E-state index is 5.22. The quantitative estimate of drug-likeness (QED) is 0.746. The monoisotopic (exact) mass is 308 g/mol. The van der Waals surface area contributed by atoms with Crippen LogP contribution in [0, 0.1) is 0 Å². The number of ether oxygens (including phenoxy) is 1. The van der Waals surface area contributed by atoms with Gasteiger partial charge in [0.2, 0.25) is 0 Å². The van der Waals surface area contributed by atoms with Gasteiger partial charge in [0.25, 0.3) is 0 Å². The Labute approximate surface area is 135 Å². The topological polar surface area (TPSA) is 43.2 Å². The third kappa shape index (κ3) is 2.42. The van der Waals surface area contributed by atoms with Crippen molar-refractivity contribution >= 4 is 16.7 Å². The molecule has 0 saturated carbocycles. The molecule has 0 spiro atoms. The van der Waals surface area contributed by atoms with Crippen LogP contribution in [0.15, 0.2) is 36.5 Å². The molecule has 0 atom stereocenters. The number of rotatable bonds is 3.